The number of aliphatic hydroxyl groups is 11. The van der Waals surface area contributed by atoms with Crippen molar-refractivity contribution in [3.63, 3.8) is 0 Å². The van der Waals surface area contributed by atoms with Crippen molar-refractivity contribution >= 4 is 5.91 Å². The van der Waals surface area contributed by atoms with E-state index < -0.39 is 124 Å². The Labute approximate surface area is 396 Å². The minimum absolute atomic E-state index is 0.226. The van der Waals surface area contributed by atoms with Gasteiger partial charge in [0, 0.05) is 6.42 Å². The molecule has 17 unspecified atom stereocenters. The lowest BCUT2D eigenvalue weighted by Gasteiger charge is -2.48. The average Bonchev–Trinajstić information content (AvgIpc) is 3.32. The number of carbonyl (C=O) groups excluding carboxylic acids is 1. The van der Waals surface area contributed by atoms with Crippen LogP contribution in [0.1, 0.15) is 129 Å². The van der Waals surface area contributed by atoms with Crippen molar-refractivity contribution in [2.24, 2.45) is 0 Å². The summed E-state index contributed by atoms with van der Waals surface area (Å²) in [6.07, 6.45) is 3.13. The molecule has 3 saturated heterocycles. The first-order valence-corrected chi connectivity index (χ1v) is 24.7. The molecule has 0 bridgehead atoms. The minimum Gasteiger partial charge on any atom is -0.394 e. The van der Waals surface area contributed by atoms with Crippen molar-refractivity contribution in [3.8, 4) is 0 Å². The van der Waals surface area contributed by atoms with E-state index in [1.807, 2.05) is 6.08 Å². The Bertz CT molecular complexity index is 1390. The Morgan fingerprint density at radius 1 is 0.537 bits per heavy atom. The highest BCUT2D eigenvalue weighted by molar-refractivity contribution is 5.76. The van der Waals surface area contributed by atoms with E-state index in [0.717, 1.165) is 77.0 Å². The number of unbranched alkanes of at least 4 members (excludes halogenated alkanes) is 13. The maximum Gasteiger partial charge on any atom is 0.220 e. The van der Waals surface area contributed by atoms with E-state index >= 15 is 0 Å². The molecular formula is C48H85NO18. The number of rotatable bonds is 33. The van der Waals surface area contributed by atoms with Gasteiger partial charge >= 0.3 is 0 Å². The molecular weight excluding hydrogens is 879 g/mol. The van der Waals surface area contributed by atoms with Crippen LogP contribution in [0.25, 0.3) is 0 Å². The molecule has 0 aromatic heterocycles. The number of allylic oxidation sites excluding steroid dienone is 5. The Hall–Kier alpha value is -1.99. The van der Waals surface area contributed by atoms with Gasteiger partial charge in [0.15, 0.2) is 18.9 Å². The Balaban J connectivity index is 1.58. The van der Waals surface area contributed by atoms with Crippen LogP contribution in [0.2, 0.25) is 0 Å². The van der Waals surface area contributed by atoms with E-state index in [2.05, 4.69) is 43.5 Å². The fourth-order valence-corrected chi connectivity index (χ4v) is 8.22. The topological polar surface area (TPSA) is 307 Å². The van der Waals surface area contributed by atoms with E-state index in [0.29, 0.717) is 6.42 Å². The molecule has 12 N–H and O–H groups in total. The summed E-state index contributed by atoms with van der Waals surface area (Å²) in [5.41, 5.74) is 0. The summed E-state index contributed by atoms with van der Waals surface area (Å²) in [5, 5.41) is 119. The maximum atomic E-state index is 13.2. The van der Waals surface area contributed by atoms with Gasteiger partial charge in [-0.05, 0) is 44.9 Å². The van der Waals surface area contributed by atoms with Crippen molar-refractivity contribution in [2.45, 2.75) is 234 Å². The highest BCUT2D eigenvalue weighted by atomic mass is 16.8. The first-order chi connectivity index (χ1) is 32.3. The zero-order chi connectivity index (χ0) is 49.1. The fraction of sp³-hybridized carbons (Fsp3) is 0.854. The summed E-state index contributed by atoms with van der Waals surface area (Å²) < 4.78 is 34.0. The van der Waals surface area contributed by atoms with Crippen molar-refractivity contribution < 1.29 is 89.4 Å². The van der Waals surface area contributed by atoms with Crippen LogP contribution >= 0.6 is 0 Å². The van der Waals surface area contributed by atoms with Gasteiger partial charge in [0.2, 0.25) is 5.91 Å². The van der Waals surface area contributed by atoms with Crippen LogP contribution in [-0.4, -0.2) is 193 Å². The van der Waals surface area contributed by atoms with Gasteiger partial charge in [-0.15, -0.1) is 0 Å². The van der Waals surface area contributed by atoms with Crippen molar-refractivity contribution in [1.82, 2.24) is 5.32 Å². The number of nitrogens with one attached hydrogen (secondary N) is 1. The number of carbonyl (C=O) groups is 1. The van der Waals surface area contributed by atoms with Crippen molar-refractivity contribution in [2.75, 3.05) is 26.4 Å². The van der Waals surface area contributed by atoms with Gasteiger partial charge in [-0.25, -0.2) is 0 Å². The van der Waals surface area contributed by atoms with Crippen LogP contribution in [0.3, 0.4) is 0 Å². The summed E-state index contributed by atoms with van der Waals surface area (Å²) in [5.74, 6) is -0.297. The molecule has 19 heteroatoms. The van der Waals surface area contributed by atoms with Gasteiger partial charge in [0.05, 0.1) is 38.6 Å². The number of aliphatic hydroxyl groups excluding tert-OH is 11. The molecule has 17 atom stereocenters. The van der Waals surface area contributed by atoms with Gasteiger partial charge in [-0.2, -0.15) is 0 Å². The second kappa shape index (κ2) is 33.6. The second-order valence-corrected chi connectivity index (χ2v) is 17.9. The predicted octanol–water partition coefficient (Wildman–Crippen LogP) is 1.03. The molecule has 0 aliphatic carbocycles. The molecule has 0 saturated carbocycles. The molecule has 3 aliphatic heterocycles. The van der Waals surface area contributed by atoms with E-state index in [4.69, 9.17) is 28.4 Å². The third-order valence-corrected chi connectivity index (χ3v) is 12.4. The molecule has 0 spiro atoms. The zero-order valence-electron chi connectivity index (χ0n) is 39.6. The van der Waals surface area contributed by atoms with Crippen LogP contribution in [0.4, 0.5) is 0 Å². The van der Waals surface area contributed by atoms with Crippen LogP contribution in [-0.2, 0) is 33.2 Å². The monoisotopic (exact) mass is 964 g/mol. The SMILES string of the molecule is CCC/C=C\C/C=C\CCCCCCCC(=O)NC(COC1OC(CO)C(OC2OC(CO)C(OC3OC(CO)C(O)C(O)C3O)C(O)C2O)C(O)C1O)C(O)/C=C/CCCCCCCCC. The van der Waals surface area contributed by atoms with Gasteiger partial charge in [-0.3, -0.25) is 4.79 Å². The standard InChI is InChI=1S/C48H85NO18/c1-3-5-7-9-11-13-14-15-16-18-20-22-24-26-36(54)49-31(32(53)25-23-21-19-17-12-10-8-6-4-2)30-62-46-42(60)39(57)44(34(28-51)64-46)67-48-43(61)40(58)45(35(29-52)65-48)66-47-41(59)38(56)37(55)33(27-50)63-47/h7,9,13-14,23,25,31-35,37-48,50-53,55-61H,3-6,8,10-12,15-22,24,26-30H2,1-2H3,(H,49,54)/b9-7-,14-13-,25-23+. The first kappa shape index (κ1) is 59.3. The van der Waals surface area contributed by atoms with Gasteiger partial charge in [0.1, 0.15) is 73.2 Å². The average molecular weight is 964 g/mol. The molecule has 3 heterocycles. The molecule has 3 fully saturated rings. The fourth-order valence-electron chi connectivity index (χ4n) is 8.22. The van der Waals surface area contributed by atoms with Crippen molar-refractivity contribution in [3.05, 3.63) is 36.5 Å². The Morgan fingerprint density at radius 2 is 1.01 bits per heavy atom. The number of hydrogen-bond donors (Lipinski definition) is 12. The lowest BCUT2D eigenvalue weighted by atomic mass is 9.96. The summed E-state index contributed by atoms with van der Waals surface area (Å²) in [7, 11) is 0. The summed E-state index contributed by atoms with van der Waals surface area (Å²) in [6, 6.07) is -0.975. The van der Waals surface area contributed by atoms with Crippen LogP contribution in [0.5, 0.6) is 0 Å². The summed E-state index contributed by atoms with van der Waals surface area (Å²) in [4.78, 5) is 13.2. The predicted molar refractivity (Wildman–Crippen MR) is 245 cm³/mol. The number of hydrogen-bond acceptors (Lipinski definition) is 18. The largest absolute Gasteiger partial charge is 0.394 e. The maximum absolute atomic E-state index is 13.2. The molecule has 67 heavy (non-hydrogen) atoms. The summed E-state index contributed by atoms with van der Waals surface area (Å²) in [6.45, 7) is 1.55. The Morgan fingerprint density at radius 3 is 1.58 bits per heavy atom. The van der Waals surface area contributed by atoms with E-state index in [-0.39, 0.29) is 18.9 Å². The van der Waals surface area contributed by atoms with Crippen LogP contribution < -0.4 is 5.32 Å². The molecule has 0 aromatic rings. The lowest BCUT2D eigenvalue weighted by Crippen LogP contribution is -2.66. The van der Waals surface area contributed by atoms with Crippen molar-refractivity contribution in [1.29, 1.82) is 0 Å². The minimum atomic E-state index is -1.98. The molecule has 19 nitrogen and oxygen atoms in total. The molecule has 3 rings (SSSR count). The van der Waals surface area contributed by atoms with E-state index in [1.165, 1.54) is 25.7 Å². The highest BCUT2D eigenvalue weighted by Crippen LogP contribution is 2.33. The number of ether oxygens (including phenoxy) is 6. The molecule has 3 aliphatic rings. The quantitative estimate of drug-likeness (QED) is 0.0323. The molecule has 0 radical (unpaired) electrons. The third kappa shape index (κ3) is 20.0. The third-order valence-electron chi connectivity index (χ3n) is 12.4. The molecule has 390 valence electrons. The van der Waals surface area contributed by atoms with Gasteiger partial charge < -0.3 is 89.9 Å². The smallest absolute Gasteiger partial charge is 0.220 e. The normalized spacial score (nSPS) is 33.8. The highest BCUT2D eigenvalue weighted by Gasteiger charge is 2.53. The molecule has 1 amide bonds. The zero-order valence-corrected chi connectivity index (χ0v) is 39.6. The molecule has 0 aromatic carbocycles. The van der Waals surface area contributed by atoms with Crippen LogP contribution in [0.15, 0.2) is 36.5 Å². The number of amides is 1. The Kier molecular flexibility index (Phi) is 29.7. The summed E-state index contributed by atoms with van der Waals surface area (Å²) >= 11 is 0. The lowest BCUT2D eigenvalue weighted by molar-refractivity contribution is -0.379. The first-order valence-electron chi connectivity index (χ1n) is 24.7. The van der Waals surface area contributed by atoms with Gasteiger partial charge in [0.25, 0.3) is 0 Å². The van der Waals surface area contributed by atoms with E-state index in [1.54, 1.807) is 6.08 Å². The van der Waals surface area contributed by atoms with Crippen LogP contribution in [0, 0.1) is 0 Å². The van der Waals surface area contributed by atoms with Gasteiger partial charge in [-0.1, -0.05) is 115 Å². The van der Waals surface area contributed by atoms with E-state index in [9.17, 15) is 61.0 Å². The second-order valence-electron chi connectivity index (χ2n) is 17.9.